The van der Waals surface area contributed by atoms with E-state index in [0.717, 1.165) is 19.3 Å². The zero-order valence-electron chi connectivity index (χ0n) is 8.62. The van der Waals surface area contributed by atoms with Crippen molar-refractivity contribution in [2.75, 3.05) is 0 Å². The van der Waals surface area contributed by atoms with Crippen LogP contribution in [0.1, 0.15) is 46.0 Å². The molecular weight excluding hydrogens is 164 g/mol. The molecule has 13 heavy (non-hydrogen) atoms. The van der Waals surface area contributed by atoms with Gasteiger partial charge >= 0.3 is 0 Å². The summed E-state index contributed by atoms with van der Waals surface area (Å²) in [6, 6.07) is 0. The SMILES string of the molecule is CCC(=O)C1CC(O)CCC1CC. The highest BCUT2D eigenvalue weighted by Crippen LogP contribution is 2.33. The van der Waals surface area contributed by atoms with Crippen molar-refractivity contribution in [3.63, 3.8) is 0 Å². The van der Waals surface area contributed by atoms with Gasteiger partial charge in [-0.1, -0.05) is 20.3 Å². The highest BCUT2D eigenvalue weighted by Gasteiger charge is 2.32. The van der Waals surface area contributed by atoms with Gasteiger partial charge in [0.1, 0.15) is 5.78 Å². The summed E-state index contributed by atoms with van der Waals surface area (Å²) in [6.45, 7) is 4.05. The Morgan fingerprint density at radius 1 is 1.38 bits per heavy atom. The summed E-state index contributed by atoms with van der Waals surface area (Å²) in [5, 5.41) is 9.49. The summed E-state index contributed by atoms with van der Waals surface area (Å²) in [5.74, 6) is 1.00. The summed E-state index contributed by atoms with van der Waals surface area (Å²) in [5.41, 5.74) is 0. The normalized spacial score (nSPS) is 34.5. The van der Waals surface area contributed by atoms with Crippen LogP contribution in [0.4, 0.5) is 0 Å². The van der Waals surface area contributed by atoms with E-state index in [1.54, 1.807) is 0 Å². The predicted molar refractivity (Wildman–Crippen MR) is 52.4 cm³/mol. The topological polar surface area (TPSA) is 37.3 Å². The fourth-order valence-electron chi connectivity index (χ4n) is 2.36. The number of carbonyl (C=O) groups excluding carboxylic acids is 1. The molecule has 0 radical (unpaired) electrons. The predicted octanol–water partition coefficient (Wildman–Crippen LogP) is 2.15. The average molecular weight is 184 g/mol. The molecular formula is C11H20O2. The molecule has 3 unspecified atom stereocenters. The van der Waals surface area contributed by atoms with Gasteiger partial charge in [-0.15, -0.1) is 0 Å². The van der Waals surface area contributed by atoms with E-state index in [4.69, 9.17) is 0 Å². The molecule has 76 valence electrons. The van der Waals surface area contributed by atoms with Gasteiger partial charge in [-0.3, -0.25) is 4.79 Å². The first-order valence-corrected chi connectivity index (χ1v) is 5.39. The molecule has 2 nitrogen and oxygen atoms in total. The molecule has 0 saturated heterocycles. The van der Waals surface area contributed by atoms with Crippen molar-refractivity contribution in [1.29, 1.82) is 0 Å². The number of aliphatic hydroxyl groups is 1. The molecule has 0 aromatic rings. The van der Waals surface area contributed by atoms with E-state index in [1.807, 2.05) is 6.92 Å². The van der Waals surface area contributed by atoms with Crippen LogP contribution in [-0.4, -0.2) is 17.0 Å². The van der Waals surface area contributed by atoms with Crippen molar-refractivity contribution < 1.29 is 9.90 Å². The molecule has 1 aliphatic carbocycles. The van der Waals surface area contributed by atoms with Crippen molar-refractivity contribution in [3.05, 3.63) is 0 Å². The van der Waals surface area contributed by atoms with E-state index < -0.39 is 0 Å². The van der Waals surface area contributed by atoms with Gasteiger partial charge in [0.05, 0.1) is 6.10 Å². The minimum atomic E-state index is -0.233. The fourth-order valence-corrected chi connectivity index (χ4v) is 2.36. The van der Waals surface area contributed by atoms with Gasteiger partial charge in [0.25, 0.3) is 0 Å². The van der Waals surface area contributed by atoms with Gasteiger partial charge in [-0.05, 0) is 25.2 Å². The lowest BCUT2D eigenvalue weighted by Gasteiger charge is -2.32. The quantitative estimate of drug-likeness (QED) is 0.729. The smallest absolute Gasteiger partial charge is 0.136 e. The molecule has 1 aliphatic rings. The minimum Gasteiger partial charge on any atom is -0.393 e. The molecule has 1 rings (SSSR count). The maximum Gasteiger partial charge on any atom is 0.136 e. The Labute approximate surface area is 80.3 Å². The van der Waals surface area contributed by atoms with Crippen molar-refractivity contribution in [2.45, 2.75) is 52.1 Å². The number of ketones is 1. The number of rotatable bonds is 3. The van der Waals surface area contributed by atoms with Crippen LogP contribution in [0.15, 0.2) is 0 Å². The lowest BCUT2D eigenvalue weighted by molar-refractivity contribution is -0.127. The third kappa shape index (κ3) is 2.53. The number of hydrogen-bond donors (Lipinski definition) is 1. The maximum absolute atomic E-state index is 11.6. The Morgan fingerprint density at radius 2 is 2.08 bits per heavy atom. The monoisotopic (exact) mass is 184 g/mol. The van der Waals surface area contributed by atoms with Crippen molar-refractivity contribution in [3.8, 4) is 0 Å². The van der Waals surface area contributed by atoms with Crippen LogP contribution in [-0.2, 0) is 4.79 Å². The first-order valence-electron chi connectivity index (χ1n) is 5.39. The highest BCUT2D eigenvalue weighted by atomic mass is 16.3. The lowest BCUT2D eigenvalue weighted by Crippen LogP contribution is -2.32. The molecule has 0 heterocycles. The van der Waals surface area contributed by atoms with Gasteiger partial charge in [-0.25, -0.2) is 0 Å². The molecule has 1 saturated carbocycles. The van der Waals surface area contributed by atoms with Crippen LogP contribution < -0.4 is 0 Å². The summed E-state index contributed by atoms with van der Waals surface area (Å²) < 4.78 is 0. The largest absolute Gasteiger partial charge is 0.393 e. The Balaban J connectivity index is 2.59. The van der Waals surface area contributed by atoms with Crippen molar-refractivity contribution in [2.24, 2.45) is 11.8 Å². The molecule has 1 fully saturated rings. The Hall–Kier alpha value is -0.370. The van der Waals surface area contributed by atoms with Crippen LogP contribution in [0.5, 0.6) is 0 Å². The van der Waals surface area contributed by atoms with Crippen LogP contribution in [0.2, 0.25) is 0 Å². The summed E-state index contributed by atoms with van der Waals surface area (Å²) in [6.07, 6.45) is 4.06. The zero-order chi connectivity index (χ0) is 9.84. The van der Waals surface area contributed by atoms with E-state index in [2.05, 4.69) is 6.92 Å². The van der Waals surface area contributed by atoms with E-state index in [1.165, 1.54) is 0 Å². The van der Waals surface area contributed by atoms with Gasteiger partial charge in [0.15, 0.2) is 0 Å². The van der Waals surface area contributed by atoms with Crippen molar-refractivity contribution in [1.82, 2.24) is 0 Å². The van der Waals surface area contributed by atoms with Crippen LogP contribution in [0.3, 0.4) is 0 Å². The molecule has 0 aliphatic heterocycles. The second-order valence-corrected chi connectivity index (χ2v) is 4.06. The van der Waals surface area contributed by atoms with Gasteiger partial charge < -0.3 is 5.11 Å². The Morgan fingerprint density at radius 3 is 2.62 bits per heavy atom. The first kappa shape index (κ1) is 10.7. The van der Waals surface area contributed by atoms with Crippen LogP contribution in [0, 0.1) is 11.8 Å². The molecule has 0 aromatic heterocycles. The van der Waals surface area contributed by atoms with E-state index in [0.29, 0.717) is 24.5 Å². The molecule has 0 aromatic carbocycles. The Kier molecular flexibility index (Phi) is 3.91. The fraction of sp³-hybridized carbons (Fsp3) is 0.909. The summed E-state index contributed by atoms with van der Waals surface area (Å²) >= 11 is 0. The molecule has 3 atom stereocenters. The third-order valence-electron chi connectivity index (χ3n) is 3.25. The second kappa shape index (κ2) is 4.75. The molecule has 0 amide bonds. The minimum absolute atomic E-state index is 0.138. The molecule has 0 bridgehead atoms. The third-order valence-corrected chi connectivity index (χ3v) is 3.25. The number of aliphatic hydroxyl groups excluding tert-OH is 1. The van der Waals surface area contributed by atoms with E-state index in [-0.39, 0.29) is 12.0 Å². The maximum atomic E-state index is 11.6. The van der Waals surface area contributed by atoms with Gasteiger partial charge in [0.2, 0.25) is 0 Å². The molecule has 2 heteroatoms. The van der Waals surface area contributed by atoms with Crippen LogP contribution >= 0.6 is 0 Å². The first-order chi connectivity index (χ1) is 6.19. The zero-order valence-corrected chi connectivity index (χ0v) is 8.62. The van der Waals surface area contributed by atoms with Crippen LogP contribution in [0.25, 0.3) is 0 Å². The Bertz CT molecular complexity index is 177. The van der Waals surface area contributed by atoms with Gasteiger partial charge in [-0.2, -0.15) is 0 Å². The van der Waals surface area contributed by atoms with E-state index in [9.17, 15) is 9.90 Å². The molecule has 1 N–H and O–H groups in total. The number of hydrogen-bond acceptors (Lipinski definition) is 2. The second-order valence-electron chi connectivity index (χ2n) is 4.06. The van der Waals surface area contributed by atoms with Crippen molar-refractivity contribution >= 4 is 5.78 Å². The standard InChI is InChI=1S/C11H20O2/c1-3-8-5-6-9(12)7-10(8)11(13)4-2/h8-10,12H,3-7H2,1-2H3. The van der Waals surface area contributed by atoms with E-state index >= 15 is 0 Å². The van der Waals surface area contributed by atoms with Gasteiger partial charge in [0, 0.05) is 12.3 Å². The lowest BCUT2D eigenvalue weighted by atomic mass is 9.74. The highest BCUT2D eigenvalue weighted by molar-refractivity contribution is 5.81. The number of Topliss-reactive ketones (excluding diaryl/α,β-unsaturated/α-hetero) is 1. The summed E-state index contributed by atoms with van der Waals surface area (Å²) in [4.78, 5) is 11.6. The summed E-state index contributed by atoms with van der Waals surface area (Å²) in [7, 11) is 0. The average Bonchev–Trinajstić information content (AvgIpc) is 2.16. The number of carbonyl (C=O) groups is 1. The molecule has 0 spiro atoms.